The van der Waals surface area contributed by atoms with Crippen LogP contribution in [0, 0.1) is 0 Å². The highest BCUT2D eigenvalue weighted by molar-refractivity contribution is 5.67. The highest BCUT2D eigenvalue weighted by atomic mass is 16.6. The van der Waals surface area contributed by atoms with Crippen LogP contribution in [0.5, 0.6) is 0 Å². The maximum atomic E-state index is 11.5. The largest absolute Gasteiger partial charge is 0.444 e. The van der Waals surface area contributed by atoms with E-state index in [1.807, 2.05) is 20.8 Å². The Morgan fingerprint density at radius 1 is 1.25 bits per heavy atom. The molecule has 120 valence electrons. The van der Waals surface area contributed by atoms with E-state index >= 15 is 0 Å². The fourth-order valence-corrected chi connectivity index (χ4v) is 1.71. The molecule has 0 aliphatic heterocycles. The molecule has 0 heterocycles. The second kappa shape index (κ2) is 10.9. The predicted octanol–water partition coefficient (Wildman–Crippen LogP) is 1.24. The molecule has 0 aromatic rings. The van der Waals surface area contributed by atoms with Gasteiger partial charge in [-0.25, -0.2) is 4.79 Å². The molecule has 4 N–H and O–H groups in total. The lowest BCUT2D eigenvalue weighted by atomic mass is 10.1. The first-order chi connectivity index (χ1) is 9.39. The number of nitrogens with one attached hydrogen (secondary N) is 2. The molecule has 0 rings (SSSR count). The van der Waals surface area contributed by atoms with Crippen LogP contribution in [-0.4, -0.2) is 51.1 Å². The maximum Gasteiger partial charge on any atom is 0.407 e. The molecule has 1 amide bonds. The Kier molecular flexibility index (Phi) is 10.4. The molecule has 0 saturated heterocycles. The number of amides is 1. The van der Waals surface area contributed by atoms with E-state index in [0.29, 0.717) is 25.7 Å². The van der Waals surface area contributed by atoms with Crippen molar-refractivity contribution in [3.63, 3.8) is 0 Å². The fourth-order valence-electron chi connectivity index (χ4n) is 1.71. The minimum atomic E-state index is -0.452. The number of hydrogen-bond donors (Lipinski definition) is 3. The summed E-state index contributed by atoms with van der Waals surface area (Å²) in [5, 5.41) is 6.15. The summed E-state index contributed by atoms with van der Waals surface area (Å²) in [5.41, 5.74) is 5.01. The number of methoxy groups -OCH3 is 1. The van der Waals surface area contributed by atoms with Crippen molar-refractivity contribution < 1.29 is 14.3 Å². The van der Waals surface area contributed by atoms with Gasteiger partial charge in [0.05, 0.1) is 6.61 Å². The third kappa shape index (κ3) is 12.2. The molecular formula is C14H31N3O3. The van der Waals surface area contributed by atoms with Crippen molar-refractivity contribution in [1.29, 1.82) is 0 Å². The lowest BCUT2D eigenvalue weighted by molar-refractivity contribution is 0.0526. The summed E-state index contributed by atoms with van der Waals surface area (Å²) in [7, 11) is 1.69. The summed E-state index contributed by atoms with van der Waals surface area (Å²) < 4.78 is 10.3. The first-order valence-corrected chi connectivity index (χ1v) is 7.28. The van der Waals surface area contributed by atoms with E-state index in [0.717, 1.165) is 25.8 Å². The van der Waals surface area contributed by atoms with Crippen molar-refractivity contribution >= 4 is 6.09 Å². The van der Waals surface area contributed by atoms with Crippen molar-refractivity contribution in [2.45, 2.75) is 51.7 Å². The van der Waals surface area contributed by atoms with E-state index in [-0.39, 0.29) is 6.09 Å². The Morgan fingerprint density at radius 3 is 2.50 bits per heavy atom. The first-order valence-electron chi connectivity index (χ1n) is 7.28. The van der Waals surface area contributed by atoms with E-state index < -0.39 is 5.60 Å². The normalized spacial score (nSPS) is 13.1. The van der Waals surface area contributed by atoms with Crippen LogP contribution in [0.4, 0.5) is 4.79 Å². The van der Waals surface area contributed by atoms with Gasteiger partial charge in [0.15, 0.2) is 0 Å². The summed E-state index contributed by atoms with van der Waals surface area (Å²) in [5.74, 6) is 0. The second-order valence-electron chi connectivity index (χ2n) is 5.82. The second-order valence-corrected chi connectivity index (χ2v) is 5.82. The van der Waals surface area contributed by atoms with Crippen molar-refractivity contribution in [2.24, 2.45) is 5.73 Å². The summed E-state index contributed by atoms with van der Waals surface area (Å²) in [6, 6.07) is 0.298. The van der Waals surface area contributed by atoms with Crippen LogP contribution in [0.25, 0.3) is 0 Å². The number of rotatable bonds is 10. The van der Waals surface area contributed by atoms with E-state index in [9.17, 15) is 4.79 Å². The van der Waals surface area contributed by atoms with E-state index in [2.05, 4.69) is 10.6 Å². The smallest absolute Gasteiger partial charge is 0.407 e. The third-order valence-corrected chi connectivity index (χ3v) is 2.58. The molecule has 0 saturated carbocycles. The number of carbonyl (C=O) groups is 1. The van der Waals surface area contributed by atoms with Crippen molar-refractivity contribution in [3.8, 4) is 0 Å². The van der Waals surface area contributed by atoms with Crippen molar-refractivity contribution in [2.75, 3.05) is 33.4 Å². The molecule has 6 nitrogen and oxygen atoms in total. The Hall–Kier alpha value is -0.850. The van der Waals surface area contributed by atoms with Gasteiger partial charge >= 0.3 is 6.09 Å². The van der Waals surface area contributed by atoms with Gasteiger partial charge in [0.2, 0.25) is 0 Å². The molecule has 0 spiro atoms. The fraction of sp³-hybridized carbons (Fsp3) is 0.929. The van der Waals surface area contributed by atoms with Gasteiger partial charge in [0.1, 0.15) is 5.60 Å². The monoisotopic (exact) mass is 289 g/mol. The van der Waals surface area contributed by atoms with Crippen LogP contribution in [-0.2, 0) is 9.47 Å². The minimum Gasteiger partial charge on any atom is -0.444 e. The number of alkyl carbamates (subject to hydrolysis) is 1. The molecule has 1 atom stereocenters. The molecule has 0 aromatic carbocycles. The molecule has 0 aromatic heterocycles. The Balaban J connectivity index is 3.74. The Bertz CT molecular complexity index is 255. The number of hydrogen-bond acceptors (Lipinski definition) is 5. The van der Waals surface area contributed by atoms with Gasteiger partial charge in [0, 0.05) is 19.7 Å². The topological polar surface area (TPSA) is 85.6 Å². The zero-order valence-corrected chi connectivity index (χ0v) is 13.3. The average molecular weight is 289 g/mol. The van der Waals surface area contributed by atoms with E-state index in [4.69, 9.17) is 15.2 Å². The van der Waals surface area contributed by atoms with Gasteiger partial charge in [-0.2, -0.15) is 0 Å². The van der Waals surface area contributed by atoms with Crippen LogP contribution in [0.3, 0.4) is 0 Å². The summed E-state index contributed by atoms with van der Waals surface area (Å²) >= 11 is 0. The van der Waals surface area contributed by atoms with Gasteiger partial charge in [-0.3, -0.25) is 0 Å². The first kappa shape index (κ1) is 19.1. The van der Waals surface area contributed by atoms with Crippen LogP contribution < -0.4 is 16.4 Å². The predicted molar refractivity (Wildman–Crippen MR) is 80.8 cm³/mol. The Morgan fingerprint density at radius 2 is 1.95 bits per heavy atom. The molecule has 0 aliphatic rings. The zero-order chi connectivity index (χ0) is 15.4. The summed E-state index contributed by atoms with van der Waals surface area (Å²) in [6.45, 7) is 8.40. The third-order valence-electron chi connectivity index (χ3n) is 2.58. The van der Waals surface area contributed by atoms with Gasteiger partial charge < -0.3 is 25.8 Å². The van der Waals surface area contributed by atoms with Gasteiger partial charge in [-0.05, 0) is 53.1 Å². The lowest BCUT2D eigenvalue weighted by Crippen LogP contribution is -2.36. The molecule has 20 heavy (non-hydrogen) atoms. The molecule has 0 aliphatic carbocycles. The number of carbonyl (C=O) groups excluding carboxylic acids is 1. The van der Waals surface area contributed by atoms with Crippen LogP contribution in [0.15, 0.2) is 0 Å². The molecule has 1 unspecified atom stereocenters. The van der Waals surface area contributed by atoms with Crippen molar-refractivity contribution in [3.05, 3.63) is 0 Å². The molecule has 0 fully saturated rings. The molecular weight excluding hydrogens is 258 g/mol. The SMILES string of the molecule is COCC(CCCNC(=O)OC(C)(C)C)NCCCN. The van der Waals surface area contributed by atoms with E-state index in [1.165, 1.54) is 0 Å². The summed E-state index contributed by atoms with van der Waals surface area (Å²) in [4.78, 5) is 11.5. The Labute approximate surface area is 122 Å². The lowest BCUT2D eigenvalue weighted by Gasteiger charge is -2.20. The van der Waals surface area contributed by atoms with Gasteiger partial charge in [-0.1, -0.05) is 0 Å². The summed E-state index contributed by atoms with van der Waals surface area (Å²) in [6.07, 6.45) is 2.41. The highest BCUT2D eigenvalue weighted by Crippen LogP contribution is 2.06. The highest BCUT2D eigenvalue weighted by Gasteiger charge is 2.15. The zero-order valence-electron chi connectivity index (χ0n) is 13.3. The molecule has 0 bridgehead atoms. The van der Waals surface area contributed by atoms with Crippen LogP contribution in [0.1, 0.15) is 40.0 Å². The van der Waals surface area contributed by atoms with Crippen LogP contribution >= 0.6 is 0 Å². The molecule has 0 radical (unpaired) electrons. The van der Waals surface area contributed by atoms with Gasteiger partial charge in [0.25, 0.3) is 0 Å². The van der Waals surface area contributed by atoms with E-state index in [1.54, 1.807) is 7.11 Å². The van der Waals surface area contributed by atoms with Crippen molar-refractivity contribution in [1.82, 2.24) is 10.6 Å². The number of nitrogens with two attached hydrogens (primary N) is 1. The minimum absolute atomic E-state index is 0.298. The maximum absolute atomic E-state index is 11.5. The average Bonchev–Trinajstić information content (AvgIpc) is 2.32. The number of ether oxygens (including phenoxy) is 2. The molecule has 6 heteroatoms. The van der Waals surface area contributed by atoms with Gasteiger partial charge in [-0.15, -0.1) is 0 Å². The van der Waals surface area contributed by atoms with Crippen LogP contribution in [0.2, 0.25) is 0 Å². The standard InChI is InChI=1S/C14H31N3O3/c1-14(2,3)20-13(18)17-9-5-7-12(11-19-4)16-10-6-8-15/h12,16H,5-11,15H2,1-4H3,(H,17,18). The quantitative estimate of drug-likeness (QED) is 0.527.